The fourth-order valence-corrected chi connectivity index (χ4v) is 3.92. The van der Waals surface area contributed by atoms with Crippen LogP contribution < -0.4 is 21.3 Å². The predicted molar refractivity (Wildman–Crippen MR) is 140 cm³/mol. The van der Waals surface area contributed by atoms with E-state index in [0.717, 1.165) is 12.1 Å². The number of rotatable bonds is 8. The van der Waals surface area contributed by atoms with Crippen LogP contribution in [-0.2, 0) is 4.79 Å². The Morgan fingerprint density at radius 2 is 1.73 bits per heavy atom. The number of carbonyl (C=O) groups excluding carboxylic acids is 2. The Morgan fingerprint density at radius 3 is 2.42 bits per heavy atom. The maximum Gasteiger partial charge on any atom is 0.401 e. The highest BCUT2D eigenvalue weighted by molar-refractivity contribution is 6.02. The van der Waals surface area contributed by atoms with Gasteiger partial charge in [0.25, 0.3) is 0 Å². The summed E-state index contributed by atoms with van der Waals surface area (Å²) in [6.07, 6.45) is 1.42. The first kappa shape index (κ1) is 28.4. The van der Waals surface area contributed by atoms with Gasteiger partial charge in [0.1, 0.15) is 17.3 Å². The van der Waals surface area contributed by atoms with Gasteiger partial charge in [0.2, 0.25) is 5.91 Å². The number of hydrogen-bond donors (Lipinski definition) is 5. The van der Waals surface area contributed by atoms with Crippen molar-refractivity contribution in [2.75, 3.05) is 22.5 Å². The molecule has 40 heavy (non-hydrogen) atoms. The monoisotopic (exact) mass is 561 g/mol. The first-order chi connectivity index (χ1) is 18.9. The van der Waals surface area contributed by atoms with Crippen LogP contribution in [0.2, 0.25) is 0 Å². The zero-order valence-electron chi connectivity index (χ0n) is 21.2. The second-order valence-electron chi connectivity index (χ2n) is 9.20. The Hall–Kier alpha value is -4.59. The predicted octanol–water partition coefficient (Wildman–Crippen LogP) is 5.66. The summed E-state index contributed by atoms with van der Waals surface area (Å²) in [6, 6.07) is 4.06. The fraction of sp³-hybridized carbons (Fsp3) is 0.231. The van der Waals surface area contributed by atoms with Crippen LogP contribution in [-0.4, -0.2) is 45.7 Å². The highest BCUT2D eigenvalue weighted by Crippen LogP contribution is 2.30. The number of amides is 3. The van der Waals surface area contributed by atoms with Gasteiger partial charge in [-0.3, -0.25) is 15.1 Å². The second-order valence-corrected chi connectivity index (χ2v) is 9.20. The molecule has 0 radical (unpaired) electrons. The number of anilines is 3. The molecule has 210 valence electrons. The van der Waals surface area contributed by atoms with E-state index in [1.54, 1.807) is 32.2 Å². The van der Waals surface area contributed by atoms with Crippen LogP contribution in [0.1, 0.15) is 13.8 Å². The molecular formula is C26H24F5N7O2. The minimum atomic E-state index is -4.47. The summed E-state index contributed by atoms with van der Waals surface area (Å²) in [5, 5.41) is 10.2. The maximum atomic E-state index is 13.9. The Kier molecular flexibility index (Phi) is 8.28. The van der Waals surface area contributed by atoms with Crippen LogP contribution in [0, 0.1) is 17.6 Å². The third kappa shape index (κ3) is 7.08. The molecule has 4 rings (SSSR count). The van der Waals surface area contributed by atoms with E-state index in [4.69, 9.17) is 0 Å². The van der Waals surface area contributed by atoms with Crippen molar-refractivity contribution in [1.29, 1.82) is 0 Å². The molecule has 0 bridgehead atoms. The van der Waals surface area contributed by atoms with Gasteiger partial charge in [0, 0.05) is 35.0 Å². The van der Waals surface area contributed by atoms with E-state index in [1.807, 2.05) is 0 Å². The second kappa shape index (κ2) is 11.7. The van der Waals surface area contributed by atoms with Crippen molar-refractivity contribution in [2.24, 2.45) is 5.92 Å². The van der Waals surface area contributed by atoms with Crippen LogP contribution in [0.15, 0.2) is 55.1 Å². The van der Waals surface area contributed by atoms with E-state index in [-0.39, 0.29) is 17.1 Å². The molecule has 4 aromatic rings. The van der Waals surface area contributed by atoms with E-state index in [1.165, 1.54) is 18.6 Å². The Labute approximate surface area is 224 Å². The molecule has 0 fully saturated rings. The molecule has 3 aromatic heterocycles. The van der Waals surface area contributed by atoms with Crippen molar-refractivity contribution in [2.45, 2.75) is 26.1 Å². The van der Waals surface area contributed by atoms with Crippen molar-refractivity contribution in [3.05, 3.63) is 66.8 Å². The molecule has 14 heteroatoms. The third-order valence-corrected chi connectivity index (χ3v) is 5.76. The van der Waals surface area contributed by atoms with Gasteiger partial charge in [0.15, 0.2) is 0 Å². The van der Waals surface area contributed by atoms with E-state index in [0.29, 0.717) is 28.2 Å². The zero-order chi connectivity index (χ0) is 29.0. The average Bonchev–Trinajstić information content (AvgIpc) is 3.28. The molecule has 9 nitrogen and oxygen atoms in total. The molecule has 5 N–H and O–H groups in total. The van der Waals surface area contributed by atoms with Crippen LogP contribution in [0.3, 0.4) is 0 Å². The lowest BCUT2D eigenvalue weighted by atomic mass is 10.0. The zero-order valence-corrected chi connectivity index (χ0v) is 21.2. The van der Waals surface area contributed by atoms with Gasteiger partial charge in [-0.2, -0.15) is 13.2 Å². The minimum Gasteiger partial charge on any atom is -0.346 e. The number of fused-ring (bicyclic) bond motifs is 1. The number of urea groups is 1. The molecule has 0 aliphatic carbocycles. The number of nitrogens with zero attached hydrogens (tertiary/aromatic N) is 2. The lowest BCUT2D eigenvalue weighted by Gasteiger charge is -2.22. The standard InChI is InChI=1S/C26H24F5N7O2/c1-13(2)22(35-12-26(29,30)31)24(39)36-16-5-14(8-32-9-16)19-11-34-23-18(19)7-17(10-33-23)37-25(40)38-21-4-3-15(27)6-20(21)28/h3-11,13,22,35H,12H2,1-2H3,(H,33,34)(H,36,39)(H2,37,38,40)/t22-/m0/s1. The summed E-state index contributed by atoms with van der Waals surface area (Å²) >= 11 is 0. The van der Waals surface area contributed by atoms with E-state index < -0.39 is 48.3 Å². The summed E-state index contributed by atoms with van der Waals surface area (Å²) in [5.41, 5.74) is 1.94. The van der Waals surface area contributed by atoms with Crippen molar-refractivity contribution >= 4 is 40.0 Å². The van der Waals surface area contributed by atoms with Crippen molar-refractivity contribution in [3.8, 4) is 11.1 Å². The number of aromatic amines is 1. The van der Waals surface area contributed by atoms with Gasteiger partial charge >= 0.3 is 12.2 Å². The Bertz CT molecular complexity index is 1540. The molecule has 0 aliphatic rings. The molecule has 0 saturated carbocycles. The van der Waals surface area contributed by atoms with Crippen LogP contribution in [0.4, 0.5) is 43.8 Å². The first-order valence-corrected chi connectivity index (χ1v) is 12.0. The lowest BCUT2D eigenvalue weighted by molar-refractivity contribution is -0.131. The third-order valence-electron chi connectivity index (χ3n) is 5.76. The first-order valence-electron chi connectivity index (χ1n) is 12.0. The molecule has 3 amide bonds. The number of nitrogens with one attached hydrogen (secondary N) is 5. The highest BCUT2D eigenvalue weighted by atomic mass is 19.4. The van der Waals surface area contributed by atoms with Gasteiger partial charge in [0.05, 0.1) is 42.0 Å². The molecule has 0 unspecified atom stereocenters. The summed E-state index contributed by atoms with van der Waals surface area (Å²) < 4.78 is 65.0. The number of carbonyl (C=O) groups is 2. The van der Waals surface area contributed by atoms with Gasteiger partial charge in [-0.05, 0) is 30.2 Å². The van der Waals surface area contributed by atoms with Crippen LogP contribution in [0.5, 0.6) is 0 Å². The number of alkyl halides is 3. The smallest absolute Gasteiger partial charge is 0.346 e. The van der Waals surface area contributed by atoms with Crippen molar-refractivity contribution < 1.29 is 31.5 Å². The number of pyridine rings is 2. The summed E-state index contributed by atoms with van der Waals surface area (Å²) in [5.74, 6) is -2.78. The molecule has 0 saturated heterocycles. The maximum absolute atomic E-state index is 13.9. The number of H-pyrrole nitrogens is 1. The van der Waals surface area contributed by atoms with E-state index in [9.17, 15) is 31.5 Å². The number of halogens is 5. The molecule has 0 spiro atoms. The molecule has 0 aliphatic heterocycles. The lowest BCUT2D eigenvalue weighted by Crippen LogP contribution is -2.47. The highest BCUT2D eigenvalue weighted by Gasteiger charge is 2.31. The van der Waals surface area contributed by atoms with Crippen molar-refractivity contribution in [1.82, 2.24) is 20.3 Å². The molecular weight excluding hydrogens is 537 g/mol. The fourth-order valence-electron chi connectivity index (χ4n) is 3.92. The number of aromatic nitrogens is 3. The number of hydrogen-bond acceptors (Lipinski definition) is 5. The molecule has 3 heterocycles. The Balaban J connectivity index is 1.51. The van der Waals surface area contributed by atoms with Gasteiger partial charge in [-0.25, -0.2) is 18.6 Å². The number of benzene rings is 1. The van der Waals surface area contributed by atoms with Gasteiger partial charge in [-0.15, -0.1) is 0 Å². The van der Waals surface area contributed by atoms with Crippen molar-refractivity contribution in [3.63, 3.8) is 0 Å². The quantitative estimate of drug-likeness (QED) is 0.178. The van der Waals surface area contributed by atoms with Crippen LogP contribution >= 0.6 is 0 Å². The Morgan fingerprint density at radius 1 is 0.975 bits per heavy atom. The van der Waals surface area contributed by atoms with Gasteiger partial charge in [-0.1, -0.05) is 13.8 Å². The average molecular weight is 562 g/mol. The van der Waals surface area contributed by atoms with E-state index in [2.05, 4.69) is 36.2 Å². The largest absolute Gasteiger partial charge is 0.401 e. The normalized spacial score (nSPS) is 12.4. The summed E-state index contributed by atoms with van der Waals surface area (Å²) in [7, 11) is 0. The van der Waals surface area contributed by atoms with E-state index >= 15 is 0 Å². The summed E-state index contributed by atoms with van der Waals surface area (Å²) in [6.45, 7) is 1.95. The minimum absolute atomic E-state index is 0.214. The summed E-state index contributed by atoms with van der Waals surface area (Å²) in [4.78, 5) is 36.5. The molecule has 1 aromatic carbocycles. The topological polar surface area (TPSA) is 124 Å². The van der Waals surface area contributed by atoms with Gasteiger partial charge < -0.3 is 20.9 Å². The SMILES string of the molecule is CC(C)[C@H](NCC(F)(F)F)C(=O)Nc1cncc(-c2c[nH]c3ncc(NC(=O)Nc4ccc(F)cc4F)cc23)c1. The van der Waals surface area contributed by atoms with Crippen LogP contribution in [0.25, 0.3) is 22.2 Å². The molecule has 1 atom stereocenters.